The number of carbonyl (C=O) groups is 2. The number of nitrogens with zero attached hydrogens (tertiary/aromatic N) is 1. The largest absolute Gasteiger partial charge is 0.368 e. The molecule has 0 spiro atoms. The molecule has 2 fully saturated rings. The van der Waals surface area contributed by atoms with Crippen molar-refractivity contribution in [2.45, 2.75) is 52.6 Å². The van der Waals surface area contributed by atoms with Crippen LogP contribution in [-0.4, -0.2) is 49.1 Å². The Labute approximate surface area is 127 Å². The van der Waals surface area contributed by atoms with E-state index in [1.165, 1.54) is 0 Å². The Balaban J connectivity index is 1.80. The molecule has 0 aromatic carbocycles. The average Bonchev–Trinajstić information content (AvgIpc) is 2.97. The van der Waals surface area contributed by atoms with Crippen LogP contribution in [0.15, 0.2) is 0 Å². The number of amides is 2. The van der Waals surface area contributed by atoms with Crippen molar-refractivity contribution in [3.8, 4) is 0 Å². The summed E-state index contributed by atoms with van der Waals surface area (Å²) >= 11 is 0. The van der Waals surface area contributed by atoms with E-state index in [4.69, 9.17) is 4.74 Å². The molecule has 0 aliphatic carbocycles. The highest BCUT2D eigenvalue weighted by Gasteiger charge is 2.31. The zero-order valence-corrected chi connectivity index (χ0v) is 13.5. The highest BCUT2D eigenvalue weighted by Crippen LogP contribution is 2.21. The molecule has 0 bridgehead atoms. The second-order valence-electron chi connectivity index (χ2n) is 7.25. The van der Waals surface area contributed by atoms with Crippen molar-refractivity contribution >= 4 is 11.8 Å². The second-order valence-corrected chi connectivity index (χ2v) is 7.25. The average molecular weight is 296 g/mol. The normalized spacial score (nSPS) is 26.7. The predicted octanol–water partition coefficient (Wildman–Crippen LogP) is 1.57. The molecule has 2 heterocycles. The highest BCUT2D eigenvalue weighted by molar-refractivity contribution is 5.82. The lowest BCUT2D eigenvalue weighted by molar-refractivity contribution is -0.142. The van der Waals surface area contributed by atoms with E-state index in [1.54, 1.807) is 0 Å². The lowest BCUT2D eigenvalue weighted by Gasteiger charge is -2.34. The topological polar surface area (TPSA) is 58.6 Å². The molecule has 2 atom stereocenters. The number of hydrogen-bond donors (Lipinski definition) is 1. The molecule has 2 unspecified atom stereocenters. The zero-order valence-electron chi connectivity index (χ0n) is 13.5. The van der Waals surface area contributed by atoms with Gasteiger partial charge in [-0.15, -0.1) is 0 Å². The predicted molar refractivity (Wildman–Crippen MR) is 80.7 cm³/mol. The monoisotopic (exact) mass is 296 g/mol. The molecule has 0 aromatic rings. The summed E-state index contributed by atoms with van der Waals surface area (Å²) in [7, 11) is 0. The standard InChI is InChI=1S/C16H28N2O3/c1-16(2,3)15(20)17-10-12-6-4-8-18(11-12)14(19)13-7-5-9-21-13/h12-13H,4-11H2,1-3H3,(H,17,20). The smallest absolute Gasteiger partial charge is 0.251 e. The number of piperidine rings is 1. The van der Waals surface area contributed by atoms with E-state index in [1.807, 2.05) is 25.7 Å². The quantitative estimate of drug-likeness (QED) is 0.860. The molecule has 2 rings (SSSR count). The fraction of sp³-hybridized carbons (Fsp3) is 0.875. The Bertz CT molecular complexity index is 383. The van der Waals surface area contributed by atoms with Gasteiger partial charge in [-0.05, 0) is 31.6 Å². The Morgan fingerprint density at radius 3 is 2.62 bits per heavy atom. The molecule has 0 radical (unpaired) electrons. The second kappa shape index (κ2) is 6.77. The van der Waals surface area contributed by atoms with Crippen LogP contribution >= 0.6 is 0 Å². The third-order valence-corrected chi connectivity index (χ3v) is 4.27. The van der Waals surface area contributed by atoms with Gasteiger partial charge in [0.2, 0.25) is 5.91 Å². The summed E-state index contributed by atoms with van der Waals surface area (Å²) in [6.45, 7) is 8.66. The van der Waals surface area contributed by atoms with Crippen LogP contribution in [0, 0.1) is 11.3 Å². The minimum Gasteiger partial charge on any atom is -0.368 e. The van der Waals surface area contributed by atoms with E-state index in [0.717, 1.165) is 38.8 Å². The van der Waals surface area contributed by atoms with E-state index in [0.29, 0.717) is 19.1 Å². The Morgan fingerprint density at radius 1 is 1.24 bits per heavy atom. The minimum atomic E-state index is -0.359. The Hall–Kier alpha value is -1.10. The van der Waals surface area contributed by atoms with Gasteiger partial charge in [-0.25, -0.2) is 0 Å². The minimum absolute atomic E-state index is 0.0741. The lowest BCUT2D eigenvalue weighted by atomic mass is 9.94. The molecule has 2 aliphatic rings. The van der Waals surface area contributed by atoms with Gasteiger partial charge in [0.05, 0.1) is 0 Å². The highest BCUT2D eigenvalue weighted by atomic mass is 16.5. The number of likely N-dealkylation sites (tertiary alicyclic amines) is 1. The fourth-order valence-corrected chi connectivity index (χ4v) is 2.91. The SMILES string of the molecule is CC(C)(C)C(=O)NCC1CCCN(C(=O)C2CCCO2)C1. The molecule has 1 N–H and O–H groups in total. The third kappa shape index (κ3) is 4.43. The van der Waals surface area contributed by atoms with Gasteiger partial charge in [0, 0.05) is 31.7 Å². The number of nitrogens with one attached hydrogen (secondary N) is 1. The van der Waals surface area contributed by atoms with Crippen molar-refractivity contribution in [2.75, 3.05) is 26.2 Å². The van der Waals surface area contributed by atoms with Gasteiger partial charge < -0.3 is 15.0 Å². The van der Waals surface area contributed by atoms with Gasteiger partial charge in [-0.2, -0.15) is 0 Å². The molecule has 21 heavy (non-hydrogen) atoms. The van der Waals surface area contributed by atoms with Crippen molar-refractivity contribution in [3.63, 3.8) is 0 Å². The summed E-state index contributed by atoms with van der Waals surface area (Å²) in [4.78, 5) is 26.2. The molecular weight excluding hydrogens is 268 g/mol. The van der Waals surface area contributed by atoms with E-state index in [2.05, 4.69) is 5.32 Å². The maximum absolute atomic E-state index is 12.4. The van der Waals surface area contributed by atoms with Crippen molar-refractivity contribution in [2.24, 2.45) is 11.3 Å². The number of hydrogen-bond acceptors (Lipinski definition) is 3. The van der Waals surface area contributed by atoms with Crippen molar-refractivity contribution in [1.29, 1.82) is 0 Å². The summed E-state index contributed by atoms with van der Waals surface area (Å²) in [5.41, 5.74) is -0.359. The van der Waals surface area contributed by atoms with Crippen molar-refractivity contribution in [3.05, 3.63) is 0 Å². The Kier molecular flexibility index (Phi) is 5.25. The van der Waals surface area contributed by atoms with Crippen LogP contribution < -0.4 is 5.32 Å². The van der Waals surface area contributed by atoms with E-state index < -0.39 is 0 Å². The Morgan fingerprint density at radius 2 is 2.00 bits per heavy atom. The van der Waals surface area contributed by atoms with Gasteiger partial charge in [0.15, 0.2) is 0 Å². The molecule has 120 valence electrons. The molecule has 2 aliphatic heterocycles. The first-order chi connectivity index (χ1) is 9.88. The van der Waals surface area contributed by atoms with Crippen LogP contribution in [0.4, 0.5) is 0 Å². The number of carbonyl (C=O) groups excluding carboxylic acids is 2. The lowest BCUT2D eigenvalue weighted by Crippen LogP contribution is -2.48. The van der Waals surface area contributed by atoms with Crippen molar-refractivity contribution in [1.82, 2.24) is 10.2 Å². The third-order valence-electron chi connectivity index (χ3n) is 4.27. The van der Waals surface area contributed by atoms with Crippen molar-refractivity contribution < 1.29 is 14.3 Å². The maximum atomic E-state index is 12.4. The molecule has 5 heteroatoms. The molecule has 0 saturated carbocycles. The summed E-state index contributed by atoms with van der Waals surface area (Å²) in [6.07, 6.45) is 3.68. The van der Waals surface area contributed by atoms with Gasteiger partial charge in [-0.1, -0.05) is 20.8 Å². The van der Waals surface area contributed by atoms with Gasteiger partial charge >= 0.3 is 0 Å². The molecule has 0 aromatic heterocycles. The molecule has 2 amide bonds. The van der Waals surface area contributed by atoms with E-state index >= 15 is 0 Å². The van der Waals surface area contributed by atoms with Crippen LogP contribution in [0.2, 0.25) is 0 Å². The molecular formula is C16H28N2O3. The summed E-state index contributed by atoms with van der Waals surface area (Å²) in [5.74, 6) is 0.569. The van der Waals surface area contributed by atoms with Gasteiger partial charge in [0.1, 0.15) is 6.10 Å². The van der Waals surface area contributed by atoms with Gasteiger partial charge in [0.25, 0.3) is 5.91 Å². The summed E-state index contributed by atoms with van der Waals surface area (Å²) in [5, 5.41) is 3.01. The van der Waals surface area contributed by atoms with Crippen LogP contribution in [0.1, 0.15) is 46.5 Å². The van der Waals surface area contributed by atoms with Crippen LogP contribution in [-0.2, 0) is 14.3 Å². The number of ether oxygens (including phenoxy) is 1. The van der Waals surface area contributed by atoms with Crippen LogP contribution in [0.25, 0.3) is 0 Å². The van der Waals surface area contributed by atoms with Crippen LogP contribution in [0.5, 0.6) is 0 Å². The fourth-order valence-electron chi connectivity index (χ4n) is 2.91. The van der Waals surface area contributed by atoms with E-state index in [-0.39, 0.29) is 23.3 Å². The maximum Gasteiger partial charge on any atom is 0.251 e. The molecule has 5 nitrogen and oxygen atoms in total. The summed E-state index contributed by atoms with van der Waals surface area (Å²) < 4.78 is 5.49. The van der Waals surface area contributed by atoms with Gasteiger partial charge in [-0.3, -0.25) is 9.59 Å². The first-order valence-corrected chi connectivity index (χ1v) is 8.06. The van der Waals surface area contributed by atoms with Crippen LogP contribution in [0.3, 0.4) is 0 Å². The first-order valence-electron chi connectivity index (χ1n) is 8.06. The molecule has 2 saturated heterocycles. The summed E-state index contributed by atoms with van der Waals surface area (Å²) in [6, 6.07) is 0. The van der Waals surface area contributed by atoms with E-state index in [9.17, 15) is 9.59 Å². The zero-order chi connectivity index (χ0) is 15.5. The first kappa shape index (κ1) is 16.3. The number of rotatable bonds is 3.